The largest absolute Gasteiger partial charge is 0.434 e. The maximum atomic E-state index is 12.7. The lowest BCUT2D eigenvalue weighted by atomic mass is 10.1. The Labute approximate surface area is 175 Å². The molecule has 0 aliphatic carbocycles. The fraction of sp³-hybridized carbons (Fsp3) is 0.632. The smallest absolute Gasteiger partial charge is 0.426 e. The third-order valence-electron chi connectivity index (χ3n) is 5.22. The predicted molar refractivity (Wildman–Crippen MR) is 97.1 cm³/mol. The molecule has 0 radical (unpaired) electrons. The Kier molecular flexibility index (Phi) is 7.32. The average molecular weight is 455 g/mol. The summed E-state index contributed by atoms with van der Waals surface area (Å²) < 4.78 is 85.2. The lowest BCUT2D eigenvalue weighted by Gasteiger charge is -2.45. The summed E-state index contributed by atoms with van der Waals surface area (Å²) in [6, 6.07) is 9.58. The van der Waals surface area contributed by atoms with Crippen molar-refractivity contribution in [2.24, 2.45) is 0 Å². The van der Waals surface area contributed by atoms with E-state index in [-0.39, 0.29) is 32.3 Å². The van der Waals surface area contributed by atoms with Crippen LogP contribution >= 0.6 is 0 Å². The molecule has 12 heteroatoms. The highest BCUT2D eigenvalue weighted by molar-refractivity contribution is 5.68. The number of nitrogens with zero attached hydrogens (tertiary/aromatic N) is 3. The number of carbonyl (C=O) groups excluding carboxylic acids is 1. The van der Waals surface area contributed by atoms with Crippen molar-refractivity contribution < 1.29 is 40.6 Å². The minimum atomic E-state index is -5.73. The summed E-state index contributed by atoms with van der Waals surface area (Å²) in [6.07, 6.45) is -17.4. The van der Waals surface area contributed by atoms with E-state index in [4.69, 9.17) is 4.74 Å². The number of benzene rings is 1. The monoisotopic (exact) mass is 455 g/mol. The molecule has 1 aromatic carbocycles. The van der Waals surface area contributed by atoms with E-state index in [1.54, 1.807) is 0 Å². The van der Waals surface area contributed by atoms with Gasteiger partial charge in [-0.15, -0.1) is 0 Å². The van der Waals surface area contributed by atoms with Crippen molar-refractivity contribution in [3.8, 4) is 0 Å². The van der Waals surface area contributed by atoms with Crippen LogP contribution in [0, 0.1) is 0 Å². The van der Waals surface area contributed by atoms with Gasteiger partial charge in [-0.1, -0.05) is 30.3 Å². The number of carbonyl (C=O) groups is 1. The predicted octanol–water partition coefficient (Wildman–Crippen LogP) is 3.26. The van der Waals surface area contributed by atoms with E-state index in [1.807, 2.05) is 30.3 Å². The SMILES string of the molecule is O=C(OC(C(F)(F)F)C(F)(F)F)N1CCN(C(c2ccccc2)N2CCOCC2)CC1. The zero-order valence-corrected chi connectivity index (χ0v) is 16.5. The molecule has 0 bridgehead atoms. The number of halogens is 6. The second kappa shape index (κ2) is 9.61. The number of rotatable bonds is 4. The molecule has 0 saturated carbocycles. The molecule has 1 atom stereocenters. The van der Waals surface area contributed by atoms with E-state index in [0.29, 0.717) is 26.3 Å². The van der Waals surface area contributed by atoms with Gasteiger partial charge in [0.1, 0.15) is 0 Å². The van der Waals surface area contributed by atoms with Crippen LogP contribution in [0.25, 0.3) is 0 Å². The first-order valence-corrected chi connectivity index (χ1v) is 9.77. The molecular weight excluding hydrogens is 432 g/mol. The molecule has 1 unspecified atom stereocenters. The van der Waals surface area contributed by atoms with E-state index in [9.17, 15) is 31.1 Å². The van der Waals surface area contributed by atoms with Gasteiger partial charge in [0.2, 0.25) is 0 Å². The Bertz CT molecular complexity index is 703. The Morgan fingerprint density at radius 2 is 1.35 bits per heavy atom. The third-order valence-corrected chi connectivity index (χ3v) is 5.22. The van der Waals surface area contributed by atoms with Crippen LogP contribution in [0.15, 0.2) is 30.3 Å². The normalized spacial score (nSPS) is 20.7. The van der Waals surface area contributed by atoms with Crippen molar-refractivity contribution in [2.75, 3.05) is 52.5 Å². The average Bonchev–Trinajstić information content (AvgIpc) is 2.72. The lowest BCUT2D eigenvalue weighted by Crippen LogP contribution is -2.56. The van der Waals surface area contributed by atoms with E-state index < -0.39 is 24.5 Å². The van der Waals surface area contributed by atoms with Crippen LogP contribution in [0.5, 0.6) is 0 Å². The number of hydrogen-bond acceptors (Lipinski definition) is 5. The standard InChI is InChI=1S/C19H23F6N3O3/c20-18(21,22)16(19(23,24)25)31-17(29)28-8-6-26(7-9-28)15(14-4-2-1-3-5-14)27-10-12-30-13-11-27/h1-5,15-16H,6-13H2. The van der Waals surface area contributed by atoms with Crippen LogP contribution in [0.2, 0.25) is 0 Å². The Morgan fingerprint density at radius 3 is 1.87 bits per heavy atom. The zero-order valence-electron chi connectivity index (χ0n) is 16.5. The van der Waals surface area contributed by atoms with Crippen molar-refractivity contribution in [3.05, 3.63) is 35.9 Å². The van der Waals surface area contributed by atoms with E-state index in [2.05, 4.69) is 14.5 Å². The Balaban J connectivity index is 1.65. The first-order valence-electron chi connectivity index (χ1n) is 9.77. The Hall–Kier alpha value is -2.05. The molecule has 0 spiro atoms. The fourth-order valence-corrected chi connectivity index (χ4v) is 3.74. The maximum Gasteiger partial charge on any atom is 0.434 e. The minimum absolute atomic E-state index is 0.0467. The van der Waals surface area contributed by atoms with E-state index >= 15 is 0 Å². The zero-order chi connectivity index (χ0) is 22.6. The highest BCUT2D eigenvalue weighted by atomic mass is 19.4. The molecule has 0 aromatic heterocycles. The van der Waals surface area contributed by atoms with Crippen molar-refractivity contribution in [1.82, 2.24) is 14.7 Å². The van der Waals surface area contributed by atoms with Crippen LogP contribution in [-0.2, 0) is 9.47 Å². The highest BCUT2D eigenvalue weighted by Gasteiger charge is 2.60. The molecule has 2 heterocycles. The van der Waals surface area contributed by atoms with Crippen LogP contribution < -0.4 is 0 Å². The summed E-state index contributed by atoms with van der Waals surface area (Å²) in [5.41, 5.74) is 1.01. The molecule has 174 valence electrons. The number of hydrogen-bond donors (Lipinski definition) is 0. The van der Waals surface area contributed by atoms with Gasteiger partial charge in [-0.3, -0.25) is 9.80 Å². The summed E-state index contributed by atoms with van der Waals surface area (Å²) in [6.45, 7) is 2.94. The first-order chi connectivity index (χ1) is 14.6. The second-order valence-corrected chi connectivity index (χ2v) is 7.30. The summed E-state index contributed by atoms with van der Waals surface area (Å²) in [5.74, 6) is 0. The number of alkyl halides is 6. The molecule has 2 saturated heterocycles. The molecule has 2 aliphatic heterocycles. The minimum Gasteiger partial charge on any atom is -0.426 e. The van der Waals surface area contributed by atoms with E-state index in [0.717, 1.165) is 10.5 Å². The Morgan fingerprint density at radius 1 is 0.839 bits per heavy atom. The molecule has 1 amide bonds. The third kappa shape index (κ3) is 6.01. The van der Waals surface area contributed by atoms with Crippen LogP contribution in [0.1, 0.15) is 11.7 Å². The molecule has 2 aliphatic rings. The van der Waals surface area contributed by atoms with Gasteiger partial charge in [0, 0.05) is 39.3 Å². The van der Waals surface area contributed by atoms with Crippen molar-refractivity contribution in [2.45, 2.75) is 24.6 Å². The van der Waals surface area contributed by atoms with Gasteiger partial charge >= 0.3 is 18.4 Å². The van der Waals surface area contributed by atoms with Crippen LogP contribution in [0.3, 0.4) is 0 Å². The lowest BCUT2D eigenvalue weighted by molar-refractivity contribution is -0.308. The van der Waals surface area contributed by atoms with Gasteiger partial charge in [0.25, 0.3) is 6.10 Å². The fourth-order valence-electron chi connectivity index (χ4n) is 3.74. The molecule has 2 fully saturated rings. The molecule has 3 rings (SSSR count). The number of ether oxygens (including phenoxy) is 2. The summed E-state index contributed by atoms with van der Waals surface area (Å²) in [4.78, 5) is 17.1. The molecule has 6 nitrogen and oxygen atoms in total. The number of piperazine rings is 1. The maximum absolute atomic E-state index is 12.7. The molecule has 31 heavy (non-hydrogen) atoms. The van der Waals surface area contributed by atoms with Crippen molar-refractivity contribution in [1.29, 1.82) is 0 Å². The van der Waals surface area contributed by atoms with Crippen LogP contribution in [-0.4, -0.2) is 91.7 Å². The number of morpholine rings is 1. The molecule has 0 N–H and O–H groups in total. The van der Waals surface area contributed by atoms with Gasteiger partial charge in [-0.25, -0.2) is 4.79 Å². The second-order valence-electron chi connectivity index (χ2n) is 7.30. The number of amides is 1. The van der Waals surface area contributed by atoms with Crippen LogP contribution in [0.4, 0.5) is 31.1 Å². The van der Waals surface area contributed by atoms with Crippen molar-refractivity contribution >= 4 is 6.09 Å². The summed E-state index contributed by atoms with van der Waals surface area (Å²) in [5, 5.41) is 0. The van der Waals surface area contributed by atoms with Gasteiger partial charge in [-0.2, -0.15) is 26.3 Å². The summed E-state index contributed by atoms with van der Waals surface area (Å²) in [7, 11) is 0. The topological polar surface area (TPSA) is 45.2 Å². The van der Waals surface area contributed by atoms with Gasteiger partial charge < -0.3 is 14.4 Å². The van der Waals surface area contributed by atoms with E-state index in [1.165, 1.54) is 0 Å². The first kappa shape index (κ1) is 23.6. The highest BCUT2D eigenvalue weighted by Crippen LogP contribution is 2.36. The van der Waals surface area contributed by atoms with Gasteiger partial charge in [0.15, 0.2) is 0 Å². The molecular formula is C19H23F6N3O3. The van der Waals surface area contributed by atoms with Gasteiger partial charge in [0.05, 0.1) is 19.4 Å². The summed E-state index contributed by atoms with van der Waals surface area (Å²) >= 11 is 0. The quantitative estimate of drug-likeness (QED) is 0.653. The van der Waals surface area contributed by atoms with Gasteiger partial charge in [-0.05, 0) is 5.56 Å². The molecule has 1 aromatic rings. The van der Waals surface area contributed by atoms with Crippen molar-refractivity contribution in [3.63, 3.8) is 0 Å².